The van der Waals surface area contributed by atoms with Crippen LogP contribution in [0.2, 0.25) is 0 Å². The molecule has 0 bridgehead atoms. The molecule has 1 atom stereocenters. The van der Waals surface area contributed by atoms with Crippen LogP contribution in [0.5, 0.6) is 0 Å². The van der Waals surface area contributed by atoms with Crippen LogP contribution < -0.4 is 10.6 Å². The van der Waals surface area contributed by atoms with Gasteiger partial charge >= 0.3 is 0 Å². The number of amides is 1. The zero-order valence-electron chi connectivity index (χ0n) is 11.2. The van der Waals surface area contributed by atoms with Gasteiger partial charge in [-0.15, -0.1) is 11.3 Å². The number of hydrogen-bond donors (Lipinski definition) is 2. The molecular weight excluding hydrogens is 272 g/mol. The highest BCUT2D eigenvalue weighted by molar-refractivity contribution is 7.09. The third-order valence-electron chi connectivity index (χ3n) is 3.49. The Balaban J connectivity index is 1.59. The third-order valence-corrected chi connectivity index (χ3v) is 4.37. The average molecular weight is 290 g/mol. The van der Waals surface area contributed by atoms with Crippen molar-refractivity contribution in [1.82, 2.24) is 20.4 Å². The number of carbonyl (C=O) groups is 1. The summed E-state index contributed by atoms with van der Waals surface area (Å²) in [5.74, 6) is -0.110. The van der Waals surface area contributed by atoms with Crippen molar-refractivity contribution in [3.8, 4) is 0 Å². The van der Waals surface area contributed by atoms with Crippen LogP contribution in [-0.2, 0) is 6.54 Å². The van der Waals surface area contributed by atoms with Gasteiger partial charge in [0, 0.05) is 17.6 Å². The van der Waals surface area contributed by atoms with Crippen LogP contribution in [0.3, 0.4) is 0 Å². The fourth-order valence-corrected chi connectivity index (χ4v) is 3.04. The lowest BCUT2D eigenvalue weighted by atomic mass is 10.1. The van der Waals surface area contributed by atoms with Crippen LogP contribution >= 0.6 is 11.3 Å². The second-order valence-electron chi connectivity index (χ2n) is 4.94. The molecule has 2 aromatic heterocycles. The highest BCUT2D eigenvalue weighted by Gasteiger charge is 2.17. The predicted molar refractivity (Wildman–Crippen MR) is 78.9 cm³/mol. The molecule has 106 valence electrons. The Hall–Kier alpha value is -1.66. The first-order valence-corrected chi connectivity index (χ1v) is 7.77. The minimum Gasteiger partial charge on any atom is -0.346 e. The molecule has 2 N–H and O–H groups in total. The summed E-state index contributed by atoms with van der Waals surface area (Å²) in [7, 11) is 0. The number of piperidine rings is 1. The van der Waals surface area contributed by atoms with Crippen LogP contribution in [-0.4, -0.2) is 28.8 Å². The molecule has 1 saturated heterocycles. The lowest BCUT2D eigenvalue weighted by molar-refractivity contribution is 0.0945. The average Bonchev–Trinajstić information content (AvgIpc) is 3.17. The predicted octanol–water partition coefficient (Wildman–Crippen LogP) is 1.80. The number of nitrogens with one attached hydrogen (secondary N) is 2. The molecule has 0 radical (unpaired) electrons. The van der Waals surface area contributed by atoms with Crippen molar-refractivity contribution in [3.05, 3.63) is 40.3 Å². The summed E-state index contributed by atoms with van der Waals surface area (Å²) in [4.78, 5) is 13.2. The summed E-state index contributed by atoms with van der Waals surface area (Å²) < 4.78 is 1.91. The van der Waals surface area contributed by atoms with Crippen LogP contribution in [0.15, 0.2) is 29.8 Å². The van der Waals surface area contributed by atoms with E-state index in [1.54, 1.807) is 17.4 Å². The van der Waals surface area contributed by atoms with Crippen molar-refractivity contribution in [2.75, 3.05) is 13.1 Å². The zero-order valence-corrected chi connectivity index (χ0v) is 12.0. The molecule has 0 aliphatic carbocycles. The maximum atomic E-state index is 12.0. The Morgan fingerprint density at radius 2 is 2.50 bits per heavy atom. The molecule has 0 spiro atoms. The fraction of sp³-hybridized carbons (Fsp3) is 0.429. The van der Waals surface area contributed by atoms with E-state index < -0.39 is 0 Å². The van der Waals surface area contributed by atoms with Gasteiger partial charge in [0.15, 0.2) is 0 Å². The summed E-state index contributed by atoms with van der Waals surface area (Å²) in [6.07, 6.45) is 4.17. The zero-order chi connectivity index (χ0) is 13.8. The maximum Gasteiger partial charge on any atom is 0.272 e. The first kappa shape index (κ1) is 13.3. The minimum atomic E-state index is -0.110. The molecule has 1 fully saturated rings. The fourth-order valence-electron chi connectivity index (χ4n) is 2.39. The van der Waals surface area contributed by atoms with Crippen molar-refractivity contribution >= 4 is 17.2 Å². The molecule has 3 rings (SSSR count). The van der Waals surface area contributed by atoms with E-state index in [9.17, 15) is 4.79 Å². The Bertz CT molecular complexity index is 558. The maximum absolute atomic E-state index is 12.0. The van der Waals surface area contributed by atoms with Crippen LogP contribution in [0.25, 0.3) is 0 Å². The number of aromatic nitrogens is 2. The largest absolute Gasteiger partial charge is 0.346 e. The molecular formula is C14H18N4OS. The third kappa shape index (κ3) is 3.08. The number of nitrogens with zero attached hydrogens (tertiary/aromatic N) is 2. The van der Waals surface area contributed by atoms with Crippen molar-refractivity contribution < 1.29 is 4.79 Å². The van der Waals surface area contributed by atoms with Crippen LogP contribution in [0.1, 0.15) is 34.2 Å². The summed E-state index contributed by atoms with van der Waals surface area (Å²) in [5.41, 5.74) is 0.493. The van der Waals surface area contributed by atoms with Gasteiger partial charge in [0.25, 0.3) is 5.91 Å². The van der Waals surface area contributed by atoms with E-state index in [1.807, 2.05) is 28.4 Å². The summed E-state index contributed by atoms with van der Waals surface area (Å²) in [5, 5.41) is 12.7. The van der Waals surface area contributed by atoms with Gasteiger partial charge in [0.2, 0.25) is 0 Å². The van der Waals surface area contributed by atoms with Gasteiger partial charge in [-0.25, -0.2) is 0 Å². The van der Waals surface area contributed by atoms with E-state index in [0.29, 0.717) is 18.3 Å². The number of hydrogen-bond acceptors (Lipinski definition) is 4. The van der Waals surface area contributed by atoms with Crippen molar-refractivity contribution in [3.63, 3.8) is 0 Å². The van der Waals surface area contributed by atoms with Crippen LogP contribution in [0.4, 0.5) is 0 Å². The van der Waals surface area contributed by atoms with Gasteiger partial charge in [-0.2, -0.15) is 5.10 Å². The second kappa shape index (κ2) is 6.19. The molecule has 20 heavy (non-hydrogen) atoms. The summed E-state index contributed by atoms with van der Waals surface area (Å²) >= 11 is 1.64. The first-order valence-electron chi connectivity index (χ1n) is 6.89. The topological polar surface area (TPSA) is 59.0 Å². The van der Waals surface area contributed by atoms with Gasteiger partial charge in [-0.05, 0) is 36.9 Å². The Morgan fingerprint density at radius 3 is 3.25 bits per heavy atom. The quantitative estimate of drug-likeness (QED) is 0.902. The molecule has 1 aliphatic heterocycles. The van der Waals surface area contributed by atoms with Gasteiger partial charge in [0.1, 0.15) is 5.69 Å². The molecule has 0 aromatic carbocycles. The van der Waals surface area contributed by atoms with Crippen molar-refractivity contribution in [2.24, 2.45) is 0 Å². The normalized spacial score (nSPS) is 18.9. The van der Waals surface area contributed by atoms with E-state index in [1.165, 1.54) is 0 Å². The molecule has 1 unspecified atom stereocenters. The number of thiophene rings is 1. The Kier molecular flexibility index (Phi) is 4.13. The Morgan fingerprint density at radius 1 is 1.55 bits per heavy atom. The van der Waals surface area contributed by atoms with E-state index in [4.69, 9.17) is 0 Å². The molecule has 2 aromatic rings. The van der Waals surface area contributed by atoms with E-state index in [-0.39, 0.29) is 5.91 Å². The van der Waals surface area contributed by atoms with Crippen LogP contribution in [0, 0.1) is 0 Å². The standard InChI is InChI=1S/C14H18N4OS/c19-14(16-10-12-4-2-8-20-12)13-5-7-18(17-13)11-3-1-6-15-9-11/h2,4-5,7-8,11,15H,1,3,6,9-10H2,(H,16,19). The SMILES string of the molecule is O=C(NCc1cccs1)c1ccn(C2CCCNC2)n1. The van der Waals surface area contributed by atoms with E-state index in [0.717, 1.165) is 30.8 Å². The van der Waals surface area contributed by atoms with E-state index in [2.05, 4.69) is 15.7 Å². The smallest absolute Gasteiger partial charge is 0.272 e. The molecule has 3 heterocycles. The minimum absolute atomic E-state index is 0.110. The van der Waals surface area contributed by atoms with Crippen molar-refractivity contribution in [2.45, 2.75) is 25.4 Å². The van der Waals surface area contributed by atoms with Gasteiger partial charge in [0.05, 0.1) is 12.6 Å². The lowest BCUT2D eigenvalue weighted by Gasteiger charge is -2.22. The highest BCUT2D eigenvalue weighted by atomic mass is 32.1. The summed E-state index contributed by atoms with van der Waals surface area (Å²) in [6.45, 7) is 2.57. The summed E-state index contributed by atoms with van der Waals surface area (Å²) in [6, 6.07) is 6.15. The van der Waals surface area contributed by atoms with Crippen molar-refractivity contribution in [1.29, 1.82) is 0 Å². The molecule has 5 nitrogen and oxygen atoms in total. The molecule has 0 saturated carbocycles. The van der Waals surface area contributed by atoms with Gasteiger partial charge in [-0.1, -0.05) is 6.07 Å². The molecule has 6 heteroatoms. The van der Waals surface area contributed by atoms with Gasteiger partial charge < -0.3 is 10.6 Å². The molecule has 1 amide bonds. The lowest BCUT2D eigenvalue weighted by Crippen LogP contribution is -2.32. The number of carbonyl (C=O) groups excluding carboxylic acids is 1. The monoisotopic (exact) mass is 290 g/mol. The Labute approximate surface area is 122 Å². The second-order valence-corrected chi connectivity index (χ2v) is 5.98. The number of rotatable bonds is 4. The highest BCUT2D eigenvalue weighted by Crippen LogP contribution is 2.15. The van der Waals surface area contributed by atoms with Gasteiger partial charge in [-0.3, -0.25) is 9.48 Å². The van der Waals surface area contributed by atoms with E-state index >= 15 is 0 Å². The molecule has 1 aliphatic rings. The first-order chi connectivity index (χ1) is 9.83.